The molecule has 2 aliphatic heterocycles. The number of carbonyl (C=O) groups excluding carboxylic acids is 1. The Morgan fingerprint density at radius 1 is 1.09 bits per heavy atom. The lowest BCUT2D eigenvalue weighted by Crippen LogP contribution is -2.42. The van der Waals surface area contributed by atoms with E-state index in [1.807, 2.05) is 0 Å². The Morgan fingerprint density at radius 2 is 1.91 bits per heavy atom. The molecule has 0 spiro atoms. The Balaban J connectivity index is 1.12. The summed E-state index contributed by atoms with van der Waals surface area (Å²) >= 11 is 1.49. The number of hydrogen-bond donors (Lipinski definition) is 1. The van der Waals surface area contributed by atoms with Crippen LogP contribution >= 0.6 is 11.3 Å². The van der Waals surface area contributed by atoms with Crippen LogP contribution in [0.4, 0.5) is 5.13 Å². The van der Waals surface area contributed by atoms with E-state index >= 15 is 0 Å². The van der Waals surface area contributed by atoms with Crippen molar-refractivity contribution in [1.82, 2.24) is 24.8 Å². The highest BCUT2D eigenvalue weighted by Crippen LogP contribution is 2.28. The number of rotatable bonds is 6. The number of aromatic nitrogens is 3. The number of likely N-dealkylation sites (tertiary alicyclic amines) is 1. The molecule has 0 unspecified atom stereocenters. The SMILES string of the molecule is C[C@@H]1CCCCN1CCCNC(=O)C1CCN(c2nn3c(=O)c4c(nc3s2)CCCC4)CC1. The maximum atomic E-state index is 12.8. The van der Waals surface area contributed by atoms with Gasteiger partial charge in [0.05, 0.1) is 5.69 Å². The van der Waals surface area contributed by atoms with Crippen molar-refractivity contribution in [2.75, 3.05) is 37.6 Å². The molecule has 2 fully saturated rings. The third kappa shape index (κ3) is 4.94. The van der Waals surface area contributed by atoms with E-state index in [1.54, 1.807) is 0 Å². The van der Waals surface area contributed by atoms with Crippen molar-refractivity contribution in [2.45, 2.75) is 77.2 Å². The van der Waals surface area contributed by atoms with Crippen LogP contribution in [0.2, 0.25) is 0 Å². The third-order valence-corrected chi connectivity index (χ3v) is 8.64. The minimum absolute atomic E-state index is 0.00501. The zero-order valence-corrected chi connectivity index (χ0v) is 20.5. The summed E-state index contributed by atoms with van der Waals surface area (Å²) in [7, 11) is 0. The molecule has 0 saturated carbocycles. The van der Waals surface area contributed by atoms with Crippen LogP contribution in [0.15, 0.2) is 4.79 Å². The summed E-state index contributed by atoms with van der Waals surface area (Å²) in [6, 6.07) is 0.679. The minimum atomic E-state index is 0.00501. The van der Waals surface area contributed by atoms with E-state index in [9.17, 15) is 9.59 Å². The number of fused-ring (bicyclic) bond motifs is 2. The van der Waals surface area contributed by atoms with Crippen LogP contribution in [-0.2, 0) is 17.6 Å². The molecule has 1 atom stereocenters. The topological polar surface area (TPSA) is 82.8 Å². The molecule has 1 aliphatic carbocycles. The van der Waals surface area contributed by atoms with Gasteiger partial charge in [0, 0.05) is 43.7 Å². The Bertz CT molecular complexity index is 1040. The summed E-state index contributed by atoms with van der Waals surface area (Å²) in [6.07, 6.45) is 10.5. The Morgan fingerprint density at radius 3 is 2.73 bits per heavy atom. The van der Waals surface area contributed by atoms with Gasteiger partial charge in [-0.2, -0.15) is 4.52 Å². The van der Waals surface area contributed by atoms with Gasteiger partial charge >= 0.3 is 0 Å². The molecule has 2 aromatic rings. The van der Waals surface area contributed by atoms with Crippen molar-refractivity contribution in [1.29, 1.82) is 0 Å². The number of anilines is 1. The molecule has 0 aromatic carbocycles. The maximum Gasteiger partial charge on any atom is 0.278 e. The van der Waals surface area contributed by atoms with Gasteiger partial charge in [-0.1, -0.05) is 17.8 Å². The molecule has 180 valence electrons. The van der Waals surface area contributed by atoms with Gasteiger partial charge in [-0.3, -0.25) is 9.59 Å². The zero-order chi connectivity index (χ0) is 22.8. The molecule has 2 saturated heterocycles. The molecule has 2 aromatic heterocycles. The second-order valence-corrected chi connectivity index (χ2v) is 10.8. The summed E-state index contributed by atoms with van der Waals surface area (Å²) in [5.74, 6) is 0.258. The number of nitrogens with one attached hydrogen (secondary N) is 1. The second-order valence-electron chi connectivity index (χ2n) is 9.91. The summed E-state index contributed by atoms with van der Waals surface area (Å²) in [6.45, 7) is 6.93. The number of hydrogen-bond acceptors (Lipinski definition) is 7. The van der Waals surface area contributed by atoms with E-state index in [0.717, 1.165) is 87.5 Å². The van der Waals surface area contributed by atoms with Crippen LogP contribution in [0, 0.1) is 5.92 Å². The van der Waals surface area contributed by atoms with Crippen LogP contribution in [0.1, 0.15) is 69.5 Å². The fraction of sp³-hybridized carbons (Fsp3) is 0.750. The largest absolute Gasteiger partial charge is 0.356 e. The quantitative estimate of drug-likeness (QED) is 0.651. The van der Waals surface area contributed by atoms with E-state index in [4.69, 9.17) is 4.98 Å². The van der Waals surface area contributed by atoms with Crippen molar-refractivity contribution >= 4 is 27.3 Å². The first-order valence-electron chi connectivity index (χ1n) is 12.8. The molecule has 5 rings (SSSR count). The highest BCUT2D eigenvalue weighted by molar-refractivity contribution is 7.20. The van der Waals surface area contributed by atoms with Crippen molar-refractivity contribution < 1.29 is 4.79 Å². The molecule has 1 amide bonds. The van der Waals surface area contributed by atoms with E-state index in [2.05, 4.69) is 27.1 Å². The predicted octanol–water partition coefficient (Wildman–Crippen LogP) is 2.63. The normalized spacial score (nSPS) is 22.5. The van der Waals surface area contributed by atoms with E-state index in [0.29, 0.717) is 11.0 Å². The van der Waals surface area contributed by atoms with E-state index in [1.165, 1.54) is 41.7 Å². The van der Waals surface area contributed by atoms with Crippen LogP contribution in [0.3, 0.4) is 0 Å². The zero-order valence-electron chi connectivity index (χ0n) is 19.7. The lowest BCUT2D eigenvalue weighted by molar-refractivity contribution is -0.125. The molecule has 33 heavy (non-hydrogen) atoms. The second kappa shape index (κ2) is 10.1. The Hall–Kier alpha value is -2.00. The van der Waals surface area contributed by atoms with Crippen molar-refractivity contribution in [2.24, 2.45) is 5.92 Å². The average molecular weight is 473 g/mol. The van der Waals surface area contributed by atoms with Gasteiger partial charge in [0.1, 0.15) is 0 Å². The third-order valence-electron chi connectivity index (χ3n) is 7.67. The van der Waals surface area contributed by atoms with Crippen LogP contribution in [0.25, 0.3) is 4.96 Å². The van der Waals surface area contributed by atoms with E-state index in [-0.39, 0.29) is 17.4 Å². The molecule has 3 aliphatic rings. The van der Waals surface area contributed by atoms with Gasteiger partial charge in [-0.15, -0.1) is 5.10 Å². The number of piperidine rings is 2. The lowest BCUT2D eigenvalue weighted by atomic mass is 9.96. The predicted molar refractivity (Wildman–Crippen MR) is 131 cm³/mol. The van der Waals surface area contributed by atoms with E-state index < -0.39 is 0 Å². The van der Waals surface area contributed by atoms with Crippen LogP contribution < -0.4 is 15.8 Å². The average Bonchev–Trinajstić information content (AvgIpc) is 3.27. The Kier molecular flexibility index (Phi) is 6.97. The van der Waals surface area contributed by atoms with Gasteiger partial charge in [0.2, 0.25) is 16.0 Å². The smallest absolute Gasteiger partial charge is 0.278 e. The van der Waals surface area contributed by atoms with Crippen molar-refractivity contribution in [3.63, 3.8) is 0 Å². The van der Waals surface area contributed by atoms with Crippen molar-refractivity contribution in [3.05, 3.63) is 21.6 Å². The molecule has 0 bridgehead atoms. The minimum Gasteiger partial charge on any atom is -0.356 e. The van der Waals surface area contributed by atoms with Gasteiger partial charge < -0.3 is 15.1 Å². The number of amides is 1. The van der Waals surface area contributed by atoms with Gasteiger partial charge in [-0.05, 0) is 71.3 Å². The molecule has 0 radical (unpaired) electrons. The highest BCUT2D eigenvalue weighted by Gasteiger charge is 2.27. The fourth-order valence-electron chi connectivity index (χ4n) is 5.55. The molecule has 4 heterocycles. The fourth-order valence-corrected chi connectivity index (χ4v) is 6.51. The highest BCUT2D eigenvalue weighted by atomic mass is 32.1. The van der Waals surface area contributed by atoms with Crippen molar-refractivity contribution in [3.8, 4) is 0 Å². The summed E-state index contributed by atoms with van der Waals surface area (Å²) in [5, 5.41) is 8.62. The molecule has 8 nitrogen and oxygen atoms in total. The monoisotopic (exact) mass is 472 g/mol. The molecular weight excluding hydrogens is 436 g/mol. The molecule has 1 N–H and O–H groups in total. The van der Waals surface area contributed by atoms with Gasteiger partial charge in [0.15, 0.2) is 0 Å². The number of aryl methyl sites for hydroxylation is 1. The first-order valence-corrected chi connectivity index (χ1v) is 13.6. The molecular formula is C24H36N6O2S. The number of nitrogens with zero attached hydrogens (tertiary/aromatic N) is 5. The first-order chi connectivity index (χ1) is 16.1. The summed E-state index contributed by atoms with van der Waals surface area (Å²) in [4.78, 5) is 35.7. The van der Waals surface area contributed by atoms with Crippen LogP contribution in [0.5, 0.6) is 0 Å². The first kappa shape index (κ1) is 22.8. The summed E-state index contributed by atoms with van der Waals surface area (Å²) < 4.78 is 1.49. The van der Waals surface area contributed by atoms with Crippen LogP contribution in [-0.4, -0.2) is 64.2 Å². The number of carbonyl (C=O) groups is 1. The van der Waals surface area contributed by atoms with Gasteiger partial charge in [-0.25, -0.2) is 4.98 Å². The van der Waals surface area contributed by atoms with Gasteiger partial charge in [0.25, 0.3) is 5.56 Å². The molecule has 9 heteroatoms. The Labute approximate surface area is 199 Å². The standard InChI is InChI=1S/C24H36N6O2S/c1-17-7-4-5-13-28(17)14-6-12-25-21(31)18-10-15-29(16-11-18)24-27-30-22(32)19-8-2-3-9-20(19)26-23(30)33-24/h17-18H,2-16H2,1H3,(H,25,31)/t17-/m1/s1. The lowest BCUT2D eigenvalue weighted by Gasteiger charge is -2.33. The maximum absolute atomic E-state index is 12.8. The summed E-state index contributed by atoms with van der Waals surface area (Å²) in [5.41, 5.74) is 1.82.